The van der Waals surface area contributed by atoms with Crippen LogP contribution in [-0.4, -0.2) is 14.8 Å². The molecule has 6 aromatic rings. The number of rotatable bonds is 2. The lowest BCUT2D eigenvalue weighted by atomic mass is 10.1. The van der Waals surface area contributed by atoms with Gasteiger partial charge in [0, 0.05) is 27.1 Å². The first-order valence-corrected chi connectivity index (χ1v) is 12.9. The van der Waals surface area contributed by atoms with E-state index in [2.05, 4.69) is 11.2 Å². The van der Waals surface area contributed by atoms with Gasteiger partial charge in [0.25, 0.3) is 0 Å². The molecule has 1 unspecified atom stereocenters. The minimum absolute atomic E-state index is 0.509. The normalized spacial score (nSPS) is 16.8. The van der Waals surface area contributed by atoms with Crippen LogP contribution in [0.4, 0.5) is 0 Å². The van der Waals surface area contributed by atoms with Gasteiger partial charge in [-0.2, -0.15) is 5.10 Å². The smallest absolute Gasteiger partial charge is 0.228 e. The number of hydrogen-bond donors (Lipinski definition) is 0. The second-order valence-electron chi connectivity index (χ2n) is 8.79. The van der Waals surface area contributed by atoms with Crippen molar-refractivity contribution in [3.05, 3.63) is 96.3 Å². The summed E-state index contributed by atoms with van der Waals surface area (Å²) in [7, 11) is -3.22. The van der Waals surface area contributed by atoms with Gasteiger partial charge < -0.3 is 8.98 Å². The predicted octanol–water partition coefficient (Wildman–Crippen LogP) is 5.40. The van der Waals surface area contributed by atoms with Crippen LogP contribution in [0.15, 0.2) is 89.3 Å². The molecule has 0 radical (unpaired) electrons. The van der Waals surface area contributed by atoms with Crippen molar-refractivity contribution in [1.29, 1.82) is 0 Å². The van der Waals surface area contributed by atoms with Crippen molar-refractivity contribution in [2.45, 2.75) is 13.8 Å². The second kappa shape index (κ2) is 6.78. The Morgan fingerprint density at radius 3 is 2.44 bits per heavy atom. The molecule has 1 aliphatic heterocycles. The minimum atomic E-state index is -3.22. The first-order valence-electron chi connectivity index (χ1n) is 11.2. The average Bonchev–Trinajstić information content (AvgIpc) is 3.48. The third-order valence-electron chi connectivity index (χ3n) is 6.66. The highest BCUT2D eigenvalue weighted by Crippen LogP contribution is 2.52. The molecule has 0 aliphatic carbocycles. The number of aryl methyl sites for hydroxylation is 2. The number of aromatic nitrogens is 3. The molecular weight excluding hydrogens is 441 g/mol. The molecule has 4 heterocycles. The lowest BCUT2D eigenvalue weighted by Gasteiger charge is -2.15. The van der Waals surface area contributed by atoms with Crippen molar-refractivity contribution in [2.24, 2.45) is 0 Å². The van der Waals surface area contributed by atoms with Crippen LogP contribution in [0.25, 0.3) is 38.9 Å². The maximum Gasteiger partial charge on any atom is 0.228 e. The molecule has 3 aromatic heterocycles. The fourth-order valence-corrected chi connectivity index (χ4v) is 8.10. The van der Waals surface area contributed by atoms with Crippen molar-refractivity contribution in [2.75, 3.05) is 0 Å². The number of para-hydroxylation sites is 1. The molecule has 3 aromatic carbocycles. The highest BCUT2D eigenvalue weighted by atomic mass is 31.2. The van der Waals surface area contributed by atoms with Gasteiger partial charge in [-0.15, -0.1) is 0 Å². The summed E-state index contributed by atoms with van der Waals surface area (Å²) in [6, 6.07) is 27.8. The molecule has 0 fully saturated rings. The molecule has 7 rings (SSSR count). The van der Waals surface area contributed by atoms with E-state index in [-0.39, 0.29) is 0 Å². The maximum atomic E-state index is 15.1. The number of nitrogens with zero attached hydrogens (tertiary/aromatic N) is 3. The summed E-state index contributed by atoms with van der Waals surface area (Å²) in [5.41, 5.74) is 6.67. The Morgan fingerprint density at radius 2 is 1.59 bits per heavy atom. The molecule has 1 atom stereocenters. The van der Waals surface area contributed by atoms with E-state index in [1.165, 1.54) is 0 Å². The first-order chi connectivity index (χ1) is 16.5. The van der Waals surface area contributed by atoms with Crippen molar-refractivity contribution in [3.63, 3.8) is 0 Å². The Bertz CT molecular complexity index is 1830. The predicted molar refractivity (Wildman–Crippen MR) is 136 cm³/mol. The van der Waals surface area contributed by atoms with Gasteiger partial charge in [-0.3, -0.25) is 0 Å². The molecule has 164 valence electrons. The fraction of sp³-hybridized carbons (Fsp3) is 0.0714. The Kier molecular flexibility index (Phi) is 3.89. The molecule has 0 N–H and O–H groups in total. The van der Waals surface area contributed by atoms with Crippen LogP contribution >= 0.6 is 7.14 Å². The van der Waals surface area contributed by atoms with E-state index < -0.39 is 7.14 Å². The maximum absolute atomic E-state index is 15.1. The zero-order valence-corrected chi connectivity index (χ0v) is 19.6. The molecule has 0 bridgehead atoms. The highest BCUT2D eigenvalue weighted by molar-refractivity contribution is 7.86. The van der Waals surface area contributed by atoms with Crippen molar-refractivity contribution >= 4 is 45.3 Å². The lowest BCUT2D eigenvalue weighted by molar-refractivity contribution is 0.592. The fourth-order valence-electron chi connectivity index (χ4n) is 5.15. The van der Waals surface area contributed by atoms with Crippen LogP contribution in [0.2, 0.25) is 0 Å². The van der Waals surface area contributed by atoms with Crippen LogP contribution in [0.1, 0.15) is 11.4 Å². The second-order valence-corrected chi connectivity index (χ2v) is 11.4. The van der Waals surface area contributed by atoms with Crippen LogP contribution in [-0.2, 0) is 4.57 Å². The average molecular weight is 461 g/mol. The number of fused-ring (bicyclic) bond motifs is 6. The molecule has 34 heavy (non-hydrogen) atoms. The van der Waals surface area contributed by atoms with Crippen LogP contribution in [0.3, 0.4) is 0 Å². The minimum Gasteiger partial charge on any atom is -0.438 e. The van der Waals surface area contributed by atoms with Gasteiger partial charge in [0.05, 0.1) is 11.4 Å². The van der Waals surface area contributed by atoms with Gasteiger partial charge in [0.1, 0.15) is 11.0 Å². The Labute approximate surface area is 196 Å². The zero-order chi connectivity index (χ0) is 23.0. The topological polar surface area (TPSA) is 60.9 Å². The molecule has 0 spiro atoms. The summed E-state index contributed by atoms with van der Waals surface area (Å²) in [4.78, 5) is 4.84. The molecule has 0 saturated carbocycles. The summed E-state index contributed by atoms with van der Waals surface area (Å²) in [6.45, 7) is 4.00. The molecule has 0 saturated heterocycles. The number of benzene rings is 3. The van der Waals surface area contributed by atoms with E-state index in [0.29, 0.717) is 11.1 Å². The first kappa shape index (κ1) is 19.5. The third-order valence-corrected chi connectivity index (χ3v) is 9.67. The summed E-state index contributed by atoms with van der Waals surface area (Å²) in [5.74, 6) is 0. The standard InChI is InChI=1S/C28H20N3O2P/c1-17-15-18(2)31(30-17)19-11-12-22-21-8-4-6-10-25(21)34(32,26(22)16-19)27-14-13-23-20-7-3-5-9-24(20)33-28(23)29-27/h3-16H,1-2H3. The molecule has 1 aliphatic rings. The van der Waals surface area contributed by atoms with Gasteiger partial charge in [0.2, 0.25) is 5.71 Å². The van der Waals surface area contributed by atoms with Crippen molar-refractivity contribution in [3.8, 4) is 16.8 Å². The number of pyridine rings is 1. The van der Waals surface area contributed by atoms with Gasteiger partial charge >= 0.3 is 0 Å². The van der Waals surface area contributed by atoms with E-state index in [4.69, 9.17) is 9.40 Å². The molecule has 5 nitrogen and oxygen atoms in total. The molecule has 0 amide bonds. The Hall–Kier alpha value is -3.95. The molecular formula is C28H20N3O2P. The van der Waals surface area contributed by atoms with E-state index in [9.17, 15) is 0 Å². The van der Waals surface area contributed by atoms with Crippen molar-refractivity contribution < 1.29 is 8.98 Å². The Balaban J connectivity index is 1.50. The molecule has 6 heteroatoms. The summed E-state index contributed by atoms with van der Waals surface area (Å²) < 4.78 is 23.0. The van der Waals surface area contributed by atoms with Gasteiger partial charge in [-0.1, -0.05) is 48.5 Å². The number of furan rings is 1. The summed E-state index contributed by atoms with van der Waals surface area (Å²) >= 11 is 0. The van der Waals surface area contributed by atoms with E-state index in [1.54, 1.807) is 0 Å². The largest absolute Gasteiger partial charge is 0.438 e. The quantitative estimate of drug-likeness (QED) is 0.323. The highest BCUT2D eigenvalue weighted by Gasteiger charge is 2.41. The lowest BCUT2D eigenvalue weighted by Crippen LogP contribution is -2.23. The van der Waals surface area contributed by atoms with E-state index in [0.717, 1.165) is 55.2 Å². The number of hydrogen-bond acceptors (Lipinski definition) is 4. The Morgan fingerprint density at radius 1 is 0.794 bits per heavy atom. The van der Waals surface area contributed by atoms with Crippen LogP contribution < -0.4 is 16.0 Å². The summed E-state index contributed by atoms with van der Waals surface area (Å²) in [5, 5.41) is 8.18. The van der Waals surface area contributed by atoms with E-state index in [1.807, 2.05) is 97.4 Å². The monoisotopic (exact) mass is 461 g/mol. The van der Waals surface area contributed by atoms with Gasteiger partial charge in [-0.05, 0) is 61.4 Å². The third kappa shape index (κ3) is 2.53. The van der Waals surface area contributed by atoms with Gasteiger partial charge in [0.15, 0.2) is 7.14 Å². The SMILES string of the molecule is Cc1cc(C)n(-c2ccc3c(c2)P(=O)(c2ccc4c(n2)oc2ccccc24)c2ccccc2-3)n1. The summed E-state index contributed by atoms with van der Waals surface area (Å²) in [6.07, 6.45) is 0. The van der Waals surface area contributed by atoms with Crippen molar-refractivity contribution in [1.82, 2.24) is 14.8 Å². The van der Waals surface area contributed by atoms with E-state index >= 15 is 4.57 Å². The van der Waals surface area contributed by atoms with Crippen LogP contribution in [0, 0.1) is 13.8 Å². The van der Waals surface area contributed by atoms with Crippen LogP contribution in [0.5, 0.6) is 0 Å². The van der Waals surface area contributed by atoms with Gasteiger partial charge in [-0.25, -0.2) is 9.67 Å². The zero-order valence-electron chi connectivity index (χ0n) is 18.7.